The van der Waals surface area contributed by atoms with Crippen LogP contribution in [0.1, 0.15) is 25.3 Å². The number of nitriles is 1. The zero-order chi connectivity index (χ0) is 14.4. The van der Waals surface area contributed by atoms with Crippen molar-refractivity contribution in [3.05, 3.63) is 29.8 Å². The number of amides is 2. The third-order valence-electron chi connectivity index (χ3n) is 3.44. The molecule has 1 heterocycles. The number of rotatable bonds is 4. The Hall–Kier alpha value is -2.06. The van der Waals surface area contributed by atoms with Gasteiger partial charge in [-0.15, -0.1) is 0 Å². The van der Waals surface area contributed by atoms with E-state index < -0.39 is 0 Å². The summed E-state index contributed by atoms with van der Waals surface area (Å²) < 4.78 is 0. The van der Waals surface area contributed by atoms with Gasteiger partial charge < -0.3 is 15.5 Å². The van der Waals surface area contributed by atoms with E-state index in [1.54, 1.807) is 24.3 Å². The van der Waals surface area contributed by atoms with Crippen molar-refractivity contribution in [2.45, 2.75) is 25.8 Å². The summed E-state index contributed by atoms with van der Waals surface area (Å²) in [7, 11) is 0. The number of nitrogens with one attached hydrogen (secondary N) is 2. The summed E-state index contributed by atoms with van der Waals surface area (Å²) in [6.07, 6.45) is 1.92. The summed E-state index contributed by atoms with van der Waals surface area (Å²) in [5, 5.41) is 15.1. The monoisotopic (exact) mass is 272 g/mol. The van der Waals surface area contributed by atoms with Gasteiger partial charge in [-0.05, 0) is 37.6 Å². The summed E-state index contributed by atoms with van der Waals surface area (Å²) >= 11 is 0. The molecule has 0 radical (unpaired) electrons. The van der Waals surface area contributed by atoms with Crippen molar-refractivity contribution in [2.75, 3.05) is 25.0 Å². The first-order valence-corrected chi connectivity index (χ1v) is 7.03. The molecule has 1 unspecified atom stereocenters. The minimum Gasteiger partial charge on any atom is -0.320 e. The predicted molar refractivity (Wildman–Crippen MR) is 78.4 cm³/mol. The van der Waals surface area contributed by atoms with E-state index in [0.29, 0.717) is 11.3 Å². The topological polar surface area (TPSA) is 68.2 Å². The number of hydrogen-bond acceptors (Lipinski definition) is 3. The van der Waals surface area contributed by atoms with Crippen LogP contribution >= 0.6 is 0 Å². The van der Waals surface area contributed by atoms with Crippen LogP contribution in [0, 0.1) is 11.3 Å². The van der Waals surface area contributed by atoms with Crippen molar-refractivity contribution < 1.29 is 4.79 Å². The first-order chi connectivity index (χ1) is 9.74. The summed E-state index contributed by atoms with van der Waals surface area (Å²) in [6, 6.07) is 9.23. The molecule has 0 spiro atoms. The van der Waals surface area contributed by atoms with E-state index in [9.17, 15) is 4.79 Å². The lowest BCUT2D eigenvalue weighted by Crippen LogP contribution is -2.44. The lowest BCUT2D eigenvalue weighted by atomic mass is 10.2. The lowest BCUT2D eigenvalue weighted by molar-refractivity contribution is 0.192. The molecule has 1 aromatic rings. The Labute approximate surface area is 119 Å². The van der Waals surface area contributed by atoms with E-state index >= 15 is 0 Å². The van der Waals surface area contributed by atoms with Crippen molar-refractivity contribution in [3.8, 4) is 6.07 Å². The van der Waals surface area contributed by atoms with Crippen LogP contribution in [0.2, 0.25) is 0 Å². The molecule has 2 N–H and O–H groups in total. The van der Waals surface area contributed by atoms with Crippen LogP contribution in [-0.2, 0) is 0 Å². The number of urea groups is 1. The highest BCUT2D eigenvalue weighted by Crippen LogP contribution is 2.14. The van der Waals surface area contributed by atoms with Crippen molar-refractivity contribution in [1.29, 1.82) is 5.26 Å². The first kappa shape index (κ1) is 14.4. The smallest absolute Gasteiger partial charge is 0.320 e. The molecular formula is C15H20N4O. The highest BCUT2D eigenvalue weighted by molar-refractivity contribution is 5.89. The minimum absolute atomic E-state index is 0.0874. The van der Waals surface area contributed by atoms with E-state index in [0.717, 1.165) is 32.5 Å². The molecule has 1 saturated heterocycles. The number of nitrogens with zero attached hydrogens (tertiary/aromatic N) is 2. The maximum atomic E-state index is 12.4. The molecule has 1 atom stereocenters. The second-order valence-electron chi connectivity index (χ2n) is 4.96. The fraction of sp³-hybridized carbons (Fsp3) is 0.467. The second kappa shape index (κ2) is 6.92. The zero-order valence-corrected chi connectivity index (χ0v) is 11.7. The molecule has 2 amide bonds. The largest absolute Gasteiger partial charge is 0.322 e. The molecular weight excluding hydrogens is 252 g/mol. The summed E-state index contributed by atoms with van der Waals surface area (Å²) in [5.41, 5.74) is 1.22. The highest BCUT2D eigenvalue weighted by Gasteiger charge is 2.25. The number of benzene rings is 1. The van der Waals surface area contributed by atoms with Gasteiger partial charge in [0.15, 0.2) is 0 Å². The number of hydrogen-bond donors (Lipinski definition) is 2. The minimum atomic E-state index is -0.0874. The number of anilines is 1. The Bertz CT molecular complexity index is 503. The first-order valence-electron chi connectivity index (χ1n) is 7.03. The van der Waals surface area contributed by atoms with Crippen LogP contribution in [0.25, 0.3) is 0 Å². The number of carbonyl (C=O) groups is 1. The molecule has 1 aromatic carbocycles. The van der Waals surface area contributed by atoms with Gasteiger partial charge in [-0.1, -0.05) is 13.0 Å². The van der Waals surface area contributed by atoms with E-state index in [2.05, 4.69) is 23.6 Å². The fourth-order valence-corrected chi connectivity index (χ4v) is 2.46. The van der Waals surface area contributed by atoms with Crippen LogP contribution in [0.15, 0.2) is 24.3 Å². The van der Waals surface area contributed by atoms with E-state index in [4.69, 9.17) is 5.26 Å². The molecule has 2 rings (SSSR count). The summed E-state index contributed by atoms with van der Waals surface area (Å²) in [4.78, 5) is 14.3. The molecule has 0 aliphatic carbocycles. The normalized spacial score (nSPS) is 17.5. The van der Waals surface area contributed by atoms with Crippen LogP contribution in [0.5, 0.6) is 0 Å². The molecule has 1 fully saturated rings. The van der Waals surface area contributed by atoms with E-state index in [1.165, 1.54) is 0 Å². The highest BCUT2D eigenvalue weighted by atomic mass is 16.2. The van der Waals surface area contributed by atoms with Crippen LogP contribution in [0.3, 0.4) is 0 Å². The maximum absolute atomic E-state index is 12.4. The van der Waals surface area contributed by atoms with Gasteiger partial charge in [0.25, 0.3) is 0 Å². The third kappa shape index (κ3) is 3.49. The van der Waals surface area contributed by atoms with Gasteiger partial charge in [0.1, 0.15) is 0 Å². The zero-order valence-electron chi connectivity index (χ0n) is 11.7. The summed E-state index contributed by atoms with van der Waals surface area (Å²) in [5.74, 6) is 0. The quantitative estimate of drug-likeness (QED) is 0.882. The van der Waals surface area contributed by atoms with Crippen molar-refractivity contribution >= 4 is 11.7 Å². The average Bonchev–Trinajstić information content (AvgIpc) is 2.98. The van der Waals surface area contributed by atoms with Gasteiger partial charge >= 0.3 is 6.03 Å². The Kier molecular flexibility index (Phi) is 4.97. The standard InChI is InChI=1S/C15H20N4O/c1-2-8-19(14-6-7-17-11-14)15(20)18-13-5-3-4-12(9-13)10-16/h3-5,9,14,17H,2,6-8,11H2,1H3,(H,18,20). The summed E-state index contributed by atoms with van der Waals surface area (Å²) in [6.45, 7) is 4.63. The molecule has 0 saturated carbocycles. The van der Waals surface area contributed by atoms with E-state index in [-0.39, 0.29) is 12.1 Å². The molecule has 1 aliphatic rings. The van der Waals surface area contributed by atoms with Crippen LogP contribution in [-0.4, -0.2) is 36.6 Å². The Morgan fingerprint density at radius 2 is 2.45 bits per heavy atom. The fourth-order valence-electron chi connectivity index (χ4n) is 2.46. The van der Waals surface area contributed by atoms with Crippen molar-refractivity contribution in [3.63, 3.8) is 0 Å². The molecule has 0 bridgehead atoms. The average molecular weight is 272 g/mol. The molecule has 106 valence electrons. The molecule has 20 heavy (non-hydrogen) atoms. The predicted octanol–water partition coefficient (Wildman–Crippen LogP) is 2.16. The molecule has 5 heteroatoms. The second-order valence-corrected chi connectivity index (χ2v) is 4.96. The van der Waals surface area contributed by atoms with Crippen molar-refractivity contribution in [2.24, 2.45) is 0 Å². The van der Waals surface area contributed by atoms with Crippen LogP contribution in [0.4, 0.5) is 10.5 Å². The molecule has 1 aliphatic heterocycles. The van der Waals surface area contributed by atoms with Crippen molar-refractivity contribution in [1.82, 2.24) is 10.2 Å². The number of carbonyl (C=O) groups excluding carboxylic acids is 1. The lowest BCUT2D eigenvalue weighted by Gasteiger charge is -2.28. The Morgan fingerprint density at radius 3 is 3.10 bits per heavy atom. The van der Waals surface area contributed by atoms with Gasteiger partial charge in [-0.2, -0.15) is 5.26 Å². The Balaban J connectivity index is 2.05. The molecule has 0 aromatic heterocycles. The van der Waals surface area contributed by atoms with Gasteiger partial charge in [0.05, 0.1) is 11.6 Å². The Morgan fingerprint density at radius 1 is 1.60 bits per heavy atom. The SMILES string of the molecule is CCCN(C(=O)Nc1cccc(C#N)c1)C1CCNC1. The van der Waals surface area contributed by atoms with Gasteiger partial charge in [-0.3, -0.25) is 0 Å². The third-order valence-corrected chi connectivity index (χ3v) is 3.44. The van der Waals surface area contributed by atoms with E-state index in [1.807, 2.05) is 4.90 Å². The maximum Gasteiger partial charge on any atom is 0.322 e. The van der Waals surface area contributed by atoms with Crippen LogP contribution < -0.4 is 10.6 Å². The molecule has 5 nitrogen and oxygen atoms in total. The van der Waals surface area contributed by atoms with Gasteiger partial charge in [0.2, 0.25) is 0 Å². The van der Waals surface area contributed by atoms with Gasteiger partial charge in [-0.25, -0.2) is 4.79 Å². The van der Waals surface area contributed by atoms with Gasteiger partial charge in [0, 0.05) is 24.8 Å².